The molecule has 10 nitrogen and oxygen atoms in total. The molecule has 0 unspecified atom stereocenters. The SMILES string of the molecule is COc1ccc(S(=O)(=O)C2=CC(O)=CS(=O)(=O)[N+](C)(C)[C@H]2C(=O)NO)cc1. The van der Waals surface area contributed by atoms with Crippen molar-refractivity contribution in [1.82, 2.24) is 5.48 Å². The summed E-state index contributed by atoms with van der Waals surface area (Å²) >= 11 is 0. The third-order valence-electron chi connectivity index (χ3n) is 4.15. The van der Waals surface area contributed by atoms with Gasteiger partial charge in [-0.3, -0.25) is 10.0 Å². The van der Waals surface area contributed by atoms with Gasteiger partial charge in [-0.25, -0.2) is 17.8 Å². The van der Waals surface area contributed by atoms with E-state index >= 15 is 0 Å². The molecule has 1 atom stereocenters. The van der Waals surface area contributed by atoms with Gasteiger partial charge >= 0.3 is 15.9 Å². The topological polar surface area (TPSA) is 147 Å². The Balaban J connectivity index is 2.77. The minimum atomic E-state index is -4.42. The highest BCUT2D eigenvalue weighted by atomic mass is 32.2. The minimum absolute atomic E-state index is 0.252. The molecule has 0 spiro atoms. The number of aliphatic hydroxyl groups is 1. The fourth-order valence-corrected chi connectivity index (χ4v) is 5.51. The number of carbonyl (C=O) groups excluding carboxylic acids is 1. The highest BCUT2D eigenvalue weighted by Crippen LogP contribution is 2.34. The van der Waals surface area contributed by atoms with Gasteiger partial charge in [0.1, 0.15) is 21.8 Å². The number of nitrogens with one attached hydrogen (secondary N) is 1. The van der Waals surface area contributed by atoms with Crippen molar-refractivity contribution in [2.24, 2.45) is 0 Å². The summed E-state index contributed by atoms with van der Waals surface area (Å²) in [6.07, 6.45) is 0.685. The second-order valence-corrected chi connectivity index (χ2v) is 10.3. The first-order valence-corrected chi connectivity index (χ1v) is 10.4. The van der Waals surface area contributed by atoms with Crippen molar-refractivity contribution in [3.63, 3.8) is 0 Å². The number of hydrogen-bond donors (Lipinski definition) is 3. The van der Waals surface area contributed by atoms with Gasteiger partial charge in [0.05, 0.1) is 26.1 Å². The molecule has 1 aromatic carbocycles. The molecule has 0 saturated heterocycles. The molecule has 1 heterocycles. The first-order chi connectivity index (χ1) is 12.4. The highest BCUT2D eigenvalue weighted by Gasteiger charge is 2.52. The normalized spacial score (nSPS) is 21.4. The number of rotatable bonds is 4. The fourth-order valence-electron chi connectivity index (χ4n) is 2.59. The number of sulfone groups is 1. The maximum atomic E-state index is 13.1. The Bertz CT molecular complexity index is 1020. The Morgan fingerprint density at radius 3 is 2.26 bits per heavy atom. The first kappa shape index (κ1) is 20.9. The average molecular weight is 419 g/mol. The Kier molecular flexibility index (Phi) is 5.39. The third-order valence-corrected chi connectivity index (χ3v) is 8.06. The van der Waals surface area contributed by atoms with Gasteiger partial charge in [0, 0.05) is 6.08 Å². The Morgan fingerprint density at radius 2 is 1.78 bits per heavy atom. The molecular weight excluding hydrogens is 400 g/mol. The molecule has 0 radical (unpaired) electrons. The number of hydroxylamine groups is 1. The molecular formula is C15H19N2O8S2+. The predicted molar refractivity (Wildman–Crippen MR) is 93.7 cm³/mol. The number of aliphatic hydroxyl groups excluding tert-OH is 1. The van der Waals surface area contributed by atoms with Crippen LogP contribution in [0.15, 0.2) is 51.3 Å². The number of benzene rings is 1. The molecule has 1 amide bonds. The zero-order valence-corrected chi connectivity index (χ0v) is 16.3. The van der Waals surface area contributed by atoms with E-state index in [1.807, 2.05) is 0 Å². The van der Waals surface area contributed by atoms with Crippen molar-refractivity contribution >= 4 is 25.8 Å². The lowest BCUT2D eigenvalue weighted by Crippen LogP contribution is -2.59. The van der Waals surface area contributed by atoms with Gasteiger partial charge in [-0.1, -0.05) is 0 Å². The Morgan fingerprint density at radius 1 is 1.22 bits per heavy atom. The van der Waals surface area contributed by atoms with Crippen LogP contribution in [-0.4, -0.2) is 64.2 Å². The summed E-state index contributed by atoms with van der Waals surface area (Å²) in [4.78, 5) is 11.3. The molecule has 0 aromatic heterocycles. The molecule has 0 bridgehead atoms. The summed E-state index contributed by atoms with van der Waals surface area (Å²) in [5, 5.41) is 19.4. The van der Waals surface area contributed by atoms with Crippen LogP contribution in [-0.2, 0) is 24.7 Å². The van der Waals surface area contributed by atoms with Crippen LogP contribution in [0.2, 0.25) is 0 Å². The van der Waals surface area contributed by atoms with Gasteiger partial charge in [0.2, 0.25) is 15.9 Å². The van der Waals surface area contributed by atoms with Crippen LogP contribution < -0.4 is 10.2 Å². The van der Waals surface area contributed by atoms with Gasteiger partial charge in [0.15, 0.2) is 0 Å². The molecule has 0 saturated carbocycles. The van der Waals surface area contributed by atoms with Crippen molar-refractivity contribution < 1.29 is 40.6 Å². The largest absolute Gasteiger partial charge is 0.507 e. The van der Waals surface area contributed by atoms with Crippen molar-refractivity contribution in [1.29, 1.82) is 0 Å². The minimum Gasteiger partial charge on any atom is -0.507 e. The lowest BCUT2D eigenvalue weighted by Gasteiger charge is -2.33. The number of nitrogens with zero attached hydrogens (tertiary/aromatic N) is 1. The lowest BCUT2D eigenvalue weighted by atomic mass is 10.2. The van der Waals surface area contributed by atoms with Crippen LogP contribution in [0.3, 0.4) is 0 Å². The monoisotopic (exact) mass is 419 g/mol. The number of amides is 1. The molecule has 2 rings (SSSR count). The van der Waals surface area contributed by atoms with E-state index in [9.17, 15) is 26.7 Å². The second-order valence-electron chi connectivity index (χ2n) is 6.10. The number of carbonyl (C=O) groups is 1. The van der Waals surface area contributed by atoms with Crippen LogP contribution in [0.4, 0.5) is 0 Å². The zero-order valence-electron chi connectivity index (χ0n) is 14.6. The Hall–Kier alpha value is -2.41. The number of likely N-dealkylation sites (N-methyl/N-ethyl adjacent to an activating group) is 1. The summed E-state index contributed by atoms with van der Waals surface area (Å²) in [5.74, 6) is -1.74. The van der Waals surface area contributed by atoms with Crippen molar-refractivity contribution in [3.05, 3.63) is 46.4 Å². The van der Waals surface area contributed by atoms with Gasteiger partial charge in [-0.05, 0) is 24.3 Å². The van der Waals surface area contributed by atoms with E-state index in [1.54, 1.807) is 0 Å². The van der Waals surface area contributed by atoms with Crippen LogP contribution in [0.25, 0.3) is 0 Å². The van der Waals surface area contributed by atoms with Crippen LogP contribution in [0.1, 0.15) is 0 Å². The first-order valence-electron chi connectivity index (χ1n) is 7.42. The summed E-state index contributed by atoms with van der Waals surface area (Å²) < 4.78 is 55.0. The molecule has 148 valence electrons. The Labute approximate surface area is 156 Å². The van der Waals surface area contributed by atoms with Gasteiger partial charge in [-0.15, -0.1) is 0 Å². The summed E-state index contributed by atoms with van der Waals surface area (Å²) in [7, 11) is -5.20. The average Bonchev–Trinajstić information content (AvgIpc) is 2.66. The lowest BCUT2D eigenvalue weighted by molar-refractivity contribution is -0.772. The van der Waals surface area contributed by atoms with E-state index < -0.39 is 46.4 Å². The molecule has 1 aliphatic heterocycles. The van der Waals surface area contributed by atoms with Crippen LogP contribution in [0, 0.1) is 0 Å². The predicted octanol–water partition coefficient (Wildman–Crippen LogP) is 0.0460. The van der Waals surface area contributed by atoms with E-state index in [1.165, 1.54) is 36.9 Å². The second kappa shape index (κ2) is 6.96. The van der Waals surface area contributed by atoms with Crippen LogP contribution >= 0.6 is 0 Å². The van der Waals surface area contributed by atoms with Crippen molar-refractivity contribution in [3.8, 4) is 5.75 Å². The molecule has 12 heteroatoms. The molecule has 1 aliphatic rings. The number of quaternary nitrogens is 1. The van der Waals surface area contributed by atoms with Gasteiger partial charge in [0.25, 0.3) is 0 Å². The summed E-state index contributed by atoms with van der Waals surface area (Å²) in [6.45, 7) is 0. The van der Waals surface area contributed by atoms with E-state index in [2.05, 4.69) is 0 Å². The standard InChI is InChI=1S/C15H18N2O8S2/c1-17(2)14(15(19)16-20)13(8-10(18)9-26(17,21)22)27(23,24)12-6-4-11(25-3)5-7-12/h4-9,14H,1-3H3,(H2-,16,18,19,20)/p+1/t14-/m1/s1. The van der Waals surface area contributed by atoms with Gasteiger partial charge in [-0.2, -0.15) is 8.42 Å². The smallest absolute Gasteiger partial charge is 0.324 e. The van der Waals surface area contributed by atoms with Crippen molar-refractivity contribution in [2.75, 3.05) is 21.2 Å². The maximum Gasteiger partial charge on any atom is 0.324 e. The number of allylic oxidation sites excluding steroid dienone is 1. The molecule has 3 N–H and O–H groups in total. The van der Waals surface area contributed by atoms with E-state index in [-0.39, 0.29) is 4.90 Å². The molecule has 0 fully saturated rings. The maximum absolute atomic E-state index is 13.1. The molecule has 0 aliphatic carbocycles. The molecule has 27 heavy (non-hydrogen) atoms. The fraction of sp³-hybridized carbons (Fsp3) is 0.267. The number of sulfonamides is 1. The number of methoxy groups -OCH3 is 1. The van der Waals surface area contributed by atoms with E-state index in [0.29, 0.717) is 17.2 Å². The number of ether oxygens (including phenoxy) is 1. The summed E-state index contributed by atoms with van der Waals surface area (Å²) in [5.41, 5.74) is 1.29. The molecule has 1 aromatic rings. The number of hydrogen-bond acceptors (Lipinski definition) is 8. The van der Waals surface area contributed by atoms with Crippen LogP contribution in [0.5, 0.6) is 5.75 Å². The van der Waals surface area contributed by atoms with E-state index in [4.69, 9.17) is 9.94 Å². The summed E-state index contributed by atoms with van der Waals surface area (Å²) in [6, 6.07) is 3.29. The van der Waals surface area contributed by atoms with Crippen molar-refractivity contribution in [2.45, 2.75) is 10.9 Å². The third kappa shape index (κ3) is 3.56. The zero-order chi connectivity index (χ0) is 20.6. The quantitative estimate of drug-likeness (QED) is 0.352. The highest BCUT2D eigenvalue weighted by molar-refractivity contribution is 7.95. The van der Waals surface area contributed by atoms with Gasteiger partial charge < -0.3 is 9.84 Å². The van der Waals surface area contributed by atoms with E-state index in [0.717, 1.165) is 14.1 Å².